The molecule has 7 heteroatoms. The van der Waals surface area contributed by atoms with Gasteiger partial charge in [-0.15, -0.1) is 0 Å². The molecule has 0 unspecified atom stereocenters. The molecule has 18 heavy (non-hydrogen) atoms. The summed E-state index contributed by atoms with van der Waals surface area (Å²) in [7, 11) is 1.60. The topological polar surface area (TPSA) is 52.0 Å². The summed E-state index contributed by atoms with van der Waals surface area (Å²) in [6.07, 6.45) is 0. The highest BCUT2D eigenvalue weighted by Gasteiger charge is 2.22. The van der Waals surface area contributed by atoms with Crippen LogP contribution in [0.15, 0.2) is 29.2 Å². The van der Waals surface area contributed by atoms with Crippen molar-refractivity contribution in [2.24, 2.45) is 0 Å². The molecule has 0 atom stereocenters. The first kappa shape index (κ1) is 13.4. The van der Waals surface area contributed by atoms with E-state index in [1.807, 2.05) is 0 Å². The fraction of sp³-hybridized carbons (Fsp3) is 0.182. The highest BCUT2D eigenvalue weighted by atomic mass is 35.7. The number of aromatic nitrogens is 2. The highest BCUT2D eigenvalue weighted by molar-refractivity contribution is 8.13. The zero-order valence-electron chi connectivity index (χ0n) is 9.68. The Labute approximate surface area is 115 Å². The molecule has 0 aliphatic carbocycles. The van der Waals surface area contributed by atoms with E-state index in [0.29, 0.717) is 16.4 Å². The number of aryl methyl sites for hydroxylation is 1. The van der Waals surface area contributed by atoms with E-state index in [2.05, 4.69) is 5.10 Å². The van der Waals surface area contributed by atoms with Crippen LogP contribution in [0.4, 0.5) is 0 Å². The Morgan fingerprint density at radius 3 is 2.17 bits per heavy atom. The molecule has 4 nitrogen and oxygen atoms in total. The normalized spacial score (nSPS) is 11.8. The summed E-state index contributed by atoms with van der Waals surface area (Å²) in [5.41, 5.74) is 1.58. The first-order valence-electron chi connectivity index (χ1n) is 5.07. The van der Waals surface area contributed by atoms with Gasteiger partial charge in [-0.1, -0.05) is 11.6 Å². The minimum atomic E-state index is -3.80. The van der Waals surface area contributed by atoms with Gasteiger partial charge in [0.1, 0.15) is 4.90 Å². The van der Waals surface area contributed by atoms with Crippen molar-refractivity contribution in [3.05, 3.63) is 40.7 Å². The summed E-state index contributed by atoms with van der Waals surface area (Å²) in [4.78, 5) is 0.0547. The van der Waals surface area contributed by atoms with Gasteiger partial charge in [0.25, 0.3) is 9.05 Å². The molecule has 0 spiro atoms. The Bertz CT molecular complexity index is 691. The molecule has 1 heterocycles. The van der Waals surface area contributed by atoms with E-state index in [0.717, 1.165) is 5.69 Å². The summed E-state index contributed by atoms with van der Waals surface area (Å²) in [5.74, 6) is 0. The fourth-order valence-corrected chi connectivity index (χ4v) is 3.44. The van der Waals surface area contributed by atoms with Gasteiger partial charge in [-0.3, -0.25) is 0 Å². The van der Waals surface area contributed by atoms with Crippen molar-refractivity contribution in [3.8, 4) is 5.69 Å². The summed E-state index contributed by atoms with van der Waals surface area (Å²) in [6, 6.07) is 6.93. The lowest BCUT2D eigenvalue weighted by Crippen LogP contribution is -2.00. The van der Waals surface area contributed by atoms with Crippen molar-refractivity contribution in [1.29, 1.82) is 0 Å². The predicted molar refractivity (Wildman–Crippen MR) is 71.1 cm³/mol. The van der Waals surface area contributed by atoms with Crippen LogP contribution in [0.25, 0.3) is 5.69 Å². The molecule has 2 rings (SSSR count). The van der Waals surface area contributed by atoms with E-state index in [4.69, 9.17) is 22.3 Å². The molecule has 1 aromatic heterocycles. The van der Waals surface area contributed by atoms with Crippen LogP contribution in [0.5, 0.6) is 0 Å². The molecule has 0 aliphatic heterocycles. The maximum Gasteiger partial charge on any atom is 0.264 e. The Kier molecular flexibility index (Phi) is 3.40. The molecule has 0 saturated carbocycles. The van der Waals surface area contributed by atoms with E-state index in [-0.39, 0.29) is 4.90 Å². The molecule has 0 fully saturated rings. The van der Waals surface area contributed by atoms with E-state index in [1.165, 1.54) is 4.68 Å². The van der Waals surface area contributed by atoms with E-state index in [1.54, 1.807) is 38.1 Å². The SMILES string of the molecule is Cc1nn(-c2ccc(Cl)cc2)c(C)c1S(=O)(=O)Cl. The van der Waals surface area contributed by atoms with Crippen LogP contribution < -0.4 is 0 Å². The first-order chi connectivity index (χ1) is 8.30. The zero-order valence-corrected chi connectivity index (χ0v) is 12.0. The first-order valence-corrected chi connectivity index (χ1v) is 7.76. The third-order valence-corrected chi connectivity index (χ3v) is 4.33. The van der Waals surface area contributed by atoms with Crippen LogP contribution in [-0.2, 0) is 9.05 Å². The second-order valence-corrected chi connectivity index (χ2v) is 6.77. The number of nitrogens with zero attached hydrogens (tertiary/aromatic N) is 2. The number of hydrogen-bond acceptors (Lipinski definition) is 3. The standard InChI is InChI=1S/C11H10Cl2N2O2S/c1-7-11(18(13,16)17)8(2)15(14-7)10-5-3-9(12)4-6-10/h3-6H,1-2H3. The number of halogens is 2. The van der Waals surface area contributed by atoms with Gasteiger partial charge in [0, 0.05) is 15.7 Å². The van der Waals surface area contributed by atoms with Gasteiger partial charge in [0.2, 0.25) is 0 Å². The minimum absolute atomic E-state index is 0.0547. The van der Waals surface area contributed by atoms with Crippen LogP contribution in [0.2, 0.25) is 5.02 Å². The molecule has 1 aromatic carbocycles. The predicted octanol–water partition coefficient (Wildman–Crippen LogP) is 3.07. The summed E-state index contributed by atoms with van der Waals surface area (Å²) < 4.78 is 24.5. The molecule has 96 valence electrons. The third-order valence-electron chi connectivity index (χ3n) is 2.54. The van der Waals surface area contributed by atoms with Crippen molar-refractivity contribution >= 4 is 31.3 Å². The maximum absolute atomic E-state index is 11.5. The van der Waals surface area contributed by atoms with Crippen LogP contribution >= 0.6 is 22.3 Å². The quantitative estimate of drug-likeness (QED) is 0.801. The molecule has 0 N–H and O–H groups in total. The number of hydrogen-bond donors (Lipinski definition) is 0. The Morgan fingerprint density at radius 2 is 1.72 bits per heavy atom. The highest BCUT2D eigenvalue weighted by Crippen LogP contribution is 2.25. The Morgan fingerprint density at radius 1 is 1.17 bits per heavy atom. The van der Waals surface area contributed by atoms with Gasteiger partial charge in [-0.05, 0) is 38.1 Å². The third kappa shape index (κ3) is 2.39. The molecular formula is C11H10Cl2N2O2S. The molecule has 0 amide bonds. The van der Waals surface area contributed by atoms with Crippen molar-refractivity contribution < 1.29 is 8.42 Å². The van der Waals surface area contributed by atoms with Gasteiger partial charge < -0.3 is 0 Å². The molecule has 0 aliphatic rings. The van der Waals surface area contributed by atoms with Crippen molar-refractivity contribution in [3.63, 3.8) is 0 Å². The average molecular weight is 305 g/mol. The van der Waals surface area contributed by atoms with E-state index < -0.39 is 9.05 Å². The Balaban J connectivity index is 2.65. The van der Waals surface area contributed by atoms with Crippen LogP contribution in [0.1, 0.15) is 11.4 Å². The number of rotatable bonds is 2. The lowest BCUT2D eigenvalue weighted by Gasteiger charge is -2.04. The molecule has 0 saturated heterocycles. The lowest BCUT2D eigenvalue weighted by molar-refractivity contribution is 0.608. The second kappa shape index (κ2) is 4.57. The zero-order chi connectivity index (χ0) is 13.5. The molecule has 0 radical (unpaired) electrons. The maximum atomic E-state index is 11.5. The second-order valence-electron chi connectivity index (χ2n) is 3.83. The van der Waals surface area contributed by atoms with Crippen LogP contribution in [0.3, 0.4) is 0 Å². The monoisotopic (exact) mass is 304 g/mol. The van der Waals surface area contributed by atoms with Crippen molar-refractivity contribution in [2.75, 3.05) is 0 Å². The number of benzene rings is 1. The lowest BCUT2D eigenvalue weighted by atomic mass is 10.3. The molecular weight excluding hydrogens is 295 g/mol. The van der Waals surface area contributed by atoms with Crippen LogP contribution in [-0.4, -0.2) is 18.2 Å². The average Bonchev–Trinajstić information content (AvgIpc) is 2.54. The van der Waals surface area contributed by atoms with E-state index >= 15 is 0 Å². The fourth-order valence-electron chi connectivity index (χ4n) is 1.81. The van der Waals surface area contributed by atoms with Gasteiger partial charge in [0.05, 0.1) is 17.1 Å². The van der Waals surface area contributed by atoms with Crippen molar-refractivity contribution in [2.45, 2.75) is 18.7 Å². The van der Waals surface area contributed by atoms with Gasteiger partial charge in [-0.25, -0.2) is 13.1 Å². The Hall–Kier alpha value is -1.04. The summed E-state index contributed by atoms with van der Waals surface area (Å²) >= 11 is 5.80. The minimum Gasteiger partial charge on any atom is -0.236 e. The van der Waals surface area contributed by atoms with Gasteiger partial charge in [-0.2, -0.15) is 5.10 Å². The smallest absolute Gasteiger partial charge is 0.236 e. The largest absolute Gasteiger partial charge is 0.264 e. The summed E-state index contributed by atoms with van der Waals surface area (Å²) in [6.45, 7) is 3.26. The summed E-state index contributed by atoms with van der Waals surface area (Å²) in [5, 5.41) is 4.79. The molecule has 0 bridgehead atoms. The van der Waals surface area contributed by atoms with Crippen molar-refractivity contribution in [1.82, 2.24) is 9.78 Å². The van der Waals surface area contributed by atoms with Crippen LogP contribution in [0, 0.1) is 13.8 Å². The van der Waals surface area contributed by atoms with Gasteiger partial charge in [0.15, 0.2) is 0 Å². The molecule has 2 aromatic rings. The van der Waals surface area contributed by atoms with E-state index in [9.17, 15) is 8.42 Å². The van der Waals surface area contributed by atoms with Gasteiger partial charge >= 0.3 is 0 Å².